The van der Waals surface area contributed by atoms with E-state index in [9.17, 15) is 14.5 Å². The Kier molecular flexibility index (Phi) is 4.75. The maximum absolute atomic E-state index is 11.1. The summed E-state index contributed by atoms with van der Waals surface area (Å²) in [7, 11) is -4.99. The second kappa shape index (κ2) is 6.10. The Morgan fingerprint density at radius 1 is 1.59 bits per heavy atom. The molecule has 1 saturated heterocycles. The number of hydrogen-bond donors (Lipinski definition) is 6. The minimum Gasteiger partial charge on any atom is -0.394 e. The van der Waals surface area contributed by atoms with Crippen molar-refractivity contribution in [3.63, 3.8) is 0 Å². The first-order chi connectivity index (χ1) is 10.2. The van der Waals surface area contributed by atoms with Crippen molar-refractivity contribution in [3.8, 4) is 0 Å². The summed E-state index contributed by atoms with van der Waals surface area (Å²) >= 11 is 0. The number of aliphatic imine (C=N–C) groups is 2. The van der Waals surface area contributed by atoms with E-state index in [4.69, 9.17) is 25.4 Å². The fourth-order valence-electron chi connectivity index (χ4n) is 2.28. The van der Waals surface area contributed by atoms with Gasteiger partial charge in [0.25, 0.3) is 0 Å². The molecule has 2 aliphatic rings. The average Bonchev–Trinajstić information content (AvgIpc) is 2.93. The monoisotopic (exact) mass is 338 g/mol. The molecule has 2 unspecified atom stereocenters. The number of nitrogens with zero attached hydrogens (tertiary/aromatic N) is 2. The summed E-state index contributed by atoms with van der Waals surface area (Å²) in [6.07, 6.45) is -4.48. The number of rotatable bonds is 5. The van der Waals surface area contributed by atoms with Crippen LogP contribution in [0.1, 0.15) is 0 Å². The fourth-order valence-corrected chi connectivity index (χ4v) is 2.83. The number of hydrogen-bond acceptors (Lipinski definition) is 9. The Balaban J connectivity index is 2.34. The molecular formula is C9H15N4O8P. The summed E-state index contributed by atoms with van der Waals surface area (Å²) in [5, 5.41) is 21.3. The summed E-state index contributed by atoms with van der Waals surface area (Å²) in [6.45, 7) is -0.647. The van der Waals surface area contributed by atoms with Gasteiger partial charge in [0.15, 0.2) is 11.5 Å². The Hall–Kier alpha value is -1.24. The average molecular weight is 338 g/mol. The van der Waals surface area contributed by atoms with Gasteiger partial charge in [0.05, 0.1) is 6.61 Å². The van der Waals surface area contributed by atoms with E-state index in [1.807, 2.05) is 0 Å². The van der Waals surface area contributed by atoms with Gasteiger partial charge in [-0.3, -0.25) is 15.1 Å². The second-order valence-corrected chi connectivity index (χ2v) is 5.83. The number of phosphoric acid groups is 1. The van der Waals surface area contributed by atoms with Gasteiger partial charge in [-0.2, -0.15) is 0 Å². The summed E-state index contributed by atoms with van der Waals surface area (Å²) in [5.41, 5.74) is 4.14. The Morgan fingerprint density at radius 3 is 2.82 bits per heavy atom. The molecule has 0 radical (unpaired) electrons. The number of carbonyl (C=O) groups excluding carboxylic acids is 1. The zero-order valence-corrected chi connectivity index (χ0v) is 11.9. The van der Waals surface area contributed by atoms with Crippen LogP contribution in [0.2, 0.25) is 0 Å². The highest BCUT2D eigenvalue weighted by atomic mass is 31.2. The van der Waals surface area contributed by atoms with Crippen LogP contribution in [0.5, 0.6) is 0 Å². The molecule has 1 fully saturated rings. The van der Waals surface area contributed by atoms with Gasteiger partial charge in [-0.1, -0.05) is 0 Å². The maximum Gasteiger partial charge on any atom is 0.470 e. The van der Waals surface area contributed by atoms with E-state index < -0.39 is 44.5 Å². The predicted octanol–water partition coefficient (Wildman–Crippen LogP) is -3.57. The number of nitrogens with two attached hydrogens (primary N) is 1. The summed E-state index contributed by atoms with van der Waals surface area (Å²) in [4.78, 5) is 36.0. The van der Waals surface area contributed by atoms with Gasteiger partial charge in [-0.15, -0.1) is 0 Å². The number of aliphatic hydroxyl groups is 2. The lowest BCUT2D eigenvalue weighted by Gasteiger charge is -2.32. The summed E-state index contributed by atoms with van der Waals surface area (Å²) in [5.74, 6) is -0.155. The topological polar surface area (TPSA) is 196 Å². The van der Waals surface area contributed by atoms with Gasteiger partial charge in [0.2, 0.25) is 6.41 Å². The van der Waals surface area contributed by atoms with Gasteiger partial charge in [-0.25, -0.2) is 14.5 Å². The molecule has 2 heterocycles. The van der Waals surface area contributed by atoms with Crippen LogP contribution in [-0.4, -0.2) is 75.3 Å². The Bertz CT molecular complexity index is 550. The van der Waals surface area contributed by atoms with Crippen LogP contribution in [0.4, 0.5) is 0 Å². The third kappa shape index (κ3) is 3.09. The van der Waals surface area contributed by atoms with Gasteiger partial charge in [0.1, 0.15) is 30.8 Å². The van der Waals surface area contributed by atoms with Crippen LogP contribution in [0, 0.1) is 0 Å². The van der Waals surface area contributed by atoms with Crippen molar-refractivity contribution >= 4 is 26.4 Å². The van der Waals surface area contributed by atoms with Gasteiger partial charge >= 0.3 is 7.82 Å². The van der Waals surface area contributed by atoms with E-state index in [-0.39, 0.29) is 12.2 Å². The molecule has 5 atom stereocenters. The van der Waals surface area contributed by atoms with E-state index in [1.165, 1.54) is 0 Å². The van der Waals surface area contributed by atoms with Crippen molar-refractivity contribution in [2.24, 2.45) is 15.7 Å². The second-order valence-electron chi connectivity index (χ2n) is 4.64. The molecule has 0 spiro atoms. The van der Waals surface area contributed by atoms with E-state index in [0.717, 1.165) is 6.34 Å². The molecule has 0 aromatic carbocycles. The molecule has 1 amide bonds. The van der Waals surface area contributed by atoms with E-state index in [0.29, 0.717) is 0 Å². The minimum absolute atomic E-state index is 0.155. The van der Waals surface area contributed by atoms with Crippen molar-refractivity contribution in [1.82, 2.24) is 5.32 Å². The molecule has 12 nitrogen and oxygen atoms in total. The van der Waals surface area contributed by atoms with Gasteiger partial charge in [-0.05, 0) is 0 Å². The highest BCUT2D eigenvalue weighted by molar-refractivity contribution is 7.46. The first kappa shape index (κ1) is 17.1. The lowest BCUT2D eigenvalue weighted by molar-refractivity contribution is -0.108. The number of ether oxygens (including phenoxy) is 1. The normalized spacial score (nSPS) is 38.1. The maximum atomic E-state index is 11.1. The summed E-state index contributed by atoms with van der Waals surface area (Å²) < 4.78 is 20.9. The molecule has 0 aliphatic carbocycles. The van der Waals surface area contributed by atoms with E-state index in [1.54, 1.807) is 0 Å². The molecule has 0 saturated carbocycles. The molecule has 0 bridgehead atoms. The van der Waals surface area contributed by atoms with Crippen molar-refractivity contribution < 1.29 is 38.6 Å². The SMILES string of the molecule is NC1(C2O[C@H](CO)[C@@H](O)[C@H]2OP(=O)(O)O)N=CN=C1NC=O. The standard InChI is InChI=1S/C9H15N4O8P/c10-9(8(12-3-15)11-2-13-9)7-6(21-22(17,18)19)5(16)4(1-14)20-7/h2-7,14,16H,1,10H2,(H2,17,18,19)(H,11,12,13,15)/t4-,5-,6-,7?,9?/m1/s1. The third-order valence-corrected chi connectivity index (χ3v) is 3.76. The molecule has 7 N–H and O–H groups in total. The lowest BCUT2D eigenvalue weighted by atomic mass is 9.96. The molecule has 0 aromatic heterocycles. The lowest BCUT2D eigenvalue weighted by Crippen LogP contribution is -2.62. The largest absolute Gasteiger partial charge is 0.470 e. The van der Waals surface area contributed by atoms with Gasteiger partial charge in [0, 0.05) is 0 Å². The van der Waals surface area contributed by atoms with Crippen molar-refractivity contribution in [3.05, 3.63) is 0 Å². The summed E-state index contributed by atoms with van der Waals surface area (Å²) in [6, 6.07) is 0. The van der Waals surface area contributed by atoms with Crippen LogP contribution >= 0.6 is 7.82 Å². The van der Waals surface area contributed by atoms with Crippen molar-refractivity contribution in [2.75, 3.05) is 6.61 Å². The Labute approximate surface area is 123 Å². The van der Waals surface area contributed by atoms with Crippen LogP contribution in [0.25, 0.3) is 0 Å². The van der Waals surface area contributed by atoms with Crippen LogP contribution in [0.3, 0.4) is 0 Å². The third-order valence-electron chi connectivity index (χ3n) is 3.24. The van der Waals surface area contributed by atoms with Crippen LogP contribution < -0.4 is 11.1 Å². The number of aliphatic hydroxyl groups excluding tert-OH is 2. The number of amides is 1. The zero-order valence-electron chi connectivity index (χ0n) is 11.0. The molecular weight excluding hydrogens is 323 g/mol. The fraction of sp³-hybridized carbons (Fsp3) is 0.667. The molecule has 124 valence electrons. The van der Waals surface area contributed by atoms with Crippen LogP contribution in [-0.2, 0) is 18.6 Å². The smallest absolute Gasteiger partial charge is 0.394 e. The van der Waals surface area contributed by atoms with Crippen molar-refractivity contribution in [1.29, 1.82) is 0 Å². The number of nitrogens with one attached hydrogen (secondary N) is 1. The first-order valence-electron chi connectivity index (χ1n) is 6.02. The molecule has 2 rings (SSSR count). The Morgan fingerprint density at radius 2 is 2.27 bits per heavy atom. The molecule has 22 heavy (non-hydrogen) atoms. The van der Waals surface area contributed by atoms with Gasteiger partial charge < -0.3 is 30.1 Å². The highest BCUT2D eigenvalue weighted by Crippen LogP contribution is 2.44. The van der Waals surface area contributed by atoms with E-state index >= 15 is 0 Å². The molecule has 2 aliphatic heterocycles. The first-order valence-corrected chi connectivity index (χ1v) is 7.55. The zero-order chi connectivity index (χ0) is 16.5. The van der Waals surface area contributed by atoms with Crippen LogP contribution in [0.15, 0.2) is 9.98 Å². The predicted molar refractivity (Wildman–Crippen MR) is 70.7 cm³/mol. The highest BCUT2D eigenvalue weighted by Gasteiger charge is 2.57. The number of carbonyl (C=O) groups is 1. The van der Waals surface area contributed by atoms with Crippen molar-refractivity contribution in [2.45, 2.75) is 30.1 Å². The molecule has 0 aromatic rings. The number of phosphoric ester groups is 1. The van der Waals surface area contributed by atoms with E-state index in [2.05, 4.69) is 19.8 Å². The number of amidine groups is 1. The molecule has 13 heteroatoms. The minimum atomic E-state index is -4.99. The quantitative estimate of drug-likeness (QED) is 0.217.